The highest BCUT2D eigenvalue weighted by Gasteiger charge is 2.40. The summed E-state index contributed by atoms with van der Waals surface area (Å²) in [6.45, 7) is 1.81. The minimum Gasteiger partial charge on any atom is -0.481 e. The van der Waals surface area contributed by atoms with Gasteiger partial charge in [-0.25, -0.2) is 8.42 Å². The van der Waals surface area contributed by atoms with Crippen LogP contribution in [0.4, 0.5) is 0 Å². The molecule has 1 aliphatic rings. The molecule has 2 rings (SSSR count). The summed E-state index contributed by atoms with van der Waals surface area (Å²) in [5, 5.41) is 8.76. The lowest BCUT2D eigenvalue weighted by Crippen LogP contribution is -2.52. The SMILES string of the molecule is Cc1ccc(Br)cc1S(=O)(=O)N1CC(C(=O)O)C1. The third-order valence-corrected chi connectivity index (χ3v) is 5.43. The van der Waals surface area contributed by atoms with Crippen LogP contribution in [0.15, 0.2) is 27.6 Å². The molecule has 7 heteroatoms. The van der Waals surface area contributed by atoms with E-state index in [2.05, 4.69) is 15.9 Å². The second-order valence-corrected chi connectivity index (χ2v) is 7.09. The minimum absolute atomic E-state index is 0.0453. The van der Waals surface area contributed by atoms with Crippen LogP contribution in [0.2, 0.25) is 0 Å². The number of halogens is 1. The number of sulfonamides is 1. The molecule has 1 saturated heterocycles. The first-order valence-corrected chi connectivity index (χ1v) is 7.55. The summed E-state index contributed by atoms with van der Waals surface area (Å²) in [7, 11) is -3.58. The van der Waals surface area contributed by atoms with Crippen molar-refractivity contribution in [3.8, 4) is 0 Å². The third kappa shape index (κ3) is 2.30. The van der Waals surface area contributed by atoms with Gasteiger partial charge in [0.25, 0.3) is 0 Å². The van der Waals surface area contributed by atoms with Gasteiger partial charge < -0.3 is 5.11 Å². The van der Waals surface area contributed by atoms with Gasteiger partial charge >= 0.3 is 5.97 Å². The average Bonchev–Trinajstić information content (AvgIpc) is 2.18. The highest BCUT2D eigenvalue weighted by molar-refractivity contribution is 9.10. The Balaban J connectivity index is 2.28. The zero-order valence-electron chi connectivity index (χ0n) is 9.63. The number of nitrogens with zero attached hydrogens (tertiary/aromatic N) is 1. The van der Waals surface area contributed by atoms with Crippen molar-refractivity contribution in [2.24, 2.45) is 5.92 Å². The Kier molecular flexibility index (Phi) is 3.48. The van der Waals surface area contributed by atoms with E-state index >= 15 is 0 Å². The van der Waals surface area contributed by atoms with E-state index in [4.69, 9.17) is 5.11 Å². The Hall–Kier alpha value is -0.920. The summed E-state index contributed by atoms with van der Waals surface area (Å²) in [5.74, 6) is -1.54. The lowest BCUT2D eigenvalue weighted by atomic mass is 10.0. The highest BCUT2D eigenvalue weighted by atomic mass is 79.9. The molecule has 1 aromatic rings. The summed E-state index contributed by atoms with van der Waals surface area (Å²) >= 11 is 3.24. The molecule has 1 N–H and O–H groups in total. The quantitative estimate of drug-likeness (QED) is 0.908. The van der Waals surface area contributed by atoms with Crippen molar-refractivity contribution in [1.29, 1.82) is 0 Å². The molecule has 0 aromatic heterocycles. The van der Waals surface area contributed by atoms with E-state index in [1.807, 2.05) is 0 Å². The van der Waals surface area contributed by atoms with E-state index in [1.54, 1.807) is 25.1 Å². The Labute approximate surface area is 114 Å². The standard InChI is InChI=1S/C11H12BrNO4S/c1-7-2-3-9(12)4-10(7)18(16,17)13-5-8(6-13)11(14)15/h2-4,8H,5-6H2,1H3,(H,14,15). The molecule has 1 fully saturated rings. The van der Waals surface area contributed by atoms with Crippen molar-refractivity contribution in [3.63, 3.8) is 0 Å². The van der Waals surface area contributed by atoms with Crippen LogP contribution in [-0.2, 0) is 14.8 Å². The molecular formula is C11H12BrNO4S. The molecule has 1 aromatic carbocycles. The minimum atomic E-state index is -3.58. The van der Waals surface area contributed by atoms with E-state index in [0.29, 0.717) is 10.0 Å². The van der Waals surface area contributed by atoms with E-state index in [9.17, 15) is 13.2 Å². The zero-order valence-corrected chi connectivity index (χ0v) is 12.0. The monoisotopic (exact) mass is 333 g/mol. The van der Waals surface area contributed by atoms with Gasteiger partial charge in [-0.3, -0.25) is 4.79 Å². The predicted molar refractivity (Wildman–Crippen MR) is 68.8 cm³/mol. The summed E-state index contributed by atoms with van der Waals surface area (Å²) in [6, 6.07) is 5.02. The molecular weight excluding hydrogens is 322 g/mol. The lowest BCUT2D eigenvalue weighted by molar-refractivity contribution is -0.145. The zero-order chi connectivity index (χ0) is 13.5. The predicted octanol–water partition coefficient (Wildman–Crippen LogP) is 1.46. The molecule has 98 valence electrons. The van der Waals surface area contributed by atoms with Gasteiger partial charge in [0.1, 0.15) is 0 Å². The molecule has 0 atom stereocenters. The van der Waals surface area contributed by atoms with Crippen LogP contribution in [0.3, 0.4) is 0 Å². The van der Waals surface area contributed by atoms with Crippen LogP contribution < -0.4 is 0 Å². The first-order valence-electron chi connectivity index (χ1n) is 5.31. The Morgan fingerprint density at radius 1 is 1.44 bits per heavy atom. The van der Waals surface area contributed by atoms with Gasteiger partial charge in [0.2, 0.25) is 10.0 Å². The van der Waals surface area contributed by atoms with Crippen LogP contribution in [-0.4, -0.2) is 36.9 Å². The molecule has 1 heterocycles. The van der Waals surface area contributed by atoms with Crippen LogP contribution >= 0.6 is 15.9 Å². The normalized spacial score (nSPS) is 17.4. The number of benzene rings is 1. The number of carboxylic acid groups (broad SMARTS) is 1. The summed E-state index contributed by atoms with van der Waals surface area (Å²) in [4.78, 5) is 10.9. The molecule has 0 spiro atoms. The van der Waals surface area contributed by atoms with E-state index in [1.165, 1.54) is 4.31 Å². The first-order chi connectivity index (χ1) is 8.32. The largest absolute Gasteiger partial charge is 0.481 e. The molecule has 0 bridgehead atoms. The van der Waals surface area contributed by atoms with Gasteiger partial charge in [-0.2, -0.15) is 4.31 Å². The lowest BCUT2D eigenvalue weighted by Gasteiger charge is -2.35. The van der Waals surface area contributed by atoms with Crippen LogP contribution in [0, 0.1) is 12.8 Å². The third-order valence-electron chi connectivity index (χ3n) is 2.97. The van der Waals surface area contributed by atoms with Crippen molar-refractivity contribution in [1.82, 2.24) is 4.31 Å². The van der Waals surface area contributed by atoms with E-state index in [0.717, 1.165) is 0 Å². The summed E-state index contributed by atoms with van der Waals surface area (Å²) < 4.78 is 26.4. The molecule has 0 unspecified atom stereocenters. The molecule has 0 aliphatic carbocycles. The Morgan fingerprint density at radius 3 is 2.61 bits per heavy atom. The van der Waals surface area contributed by atoms with Crippen LogP contribution in [0.5, 0.6) is 0 Å². The van der Waals surface area contributed by atoms with Crippen molar-refractivity contribution >= 4 is 31.9 Å². The summed E-state index contributed by atoms with van der Waals surface area (Å²) in [5.41, 5.74) is 0.650. The average molecular weight is 334 g/mol. The molecule has 18 heavy (non-hydrogen) atoms. The fourth-order valence-corrected chi connectivity index (χ4v) is 4.08. The highest BCUT2D eigenvalue weighted by Crippen LogP contribution is 2.28. The maximum Gasteiger partial charge on any atom is 0.309 e. The second kappa shape index (κ2) is 4.64. The van der Waals surface area contributed by atoms with Crippen molar-refractivity contribution in [3.05, 3.63) is 28.2 Å². The maximum atomic E-state index is 12.3. The van der Waals surface area contributed by atoms with E-state index < -0.39 is 21.9 Å². The van der Waals surface area contributed by atoms with Gasteiger partial charge in [0, 0.05) is 17.6 Å². The number of hydrogen-bond acceptors (Lipinski definition) is 3. The molecule has 1 aliphatic heterocycles. The van der Waals surface area contributed by atoms with Crippen molar-refractivity contribution in [2.45, 2.75) is 11.8 Å². The van der Waals surface area contributed by atoms with Crippen molar-refractivity contribution in [2.75, 3.05) is 13.1 Å². The fourth-order valence-electron chi connectivity index (χ4n) is 1.78. The second-order valence-electron chi connectivity index (χ2n) is 4.27. The van der Waals surface area contributed by atoms with Crippen molar-refractivity contribution < 1.29 is 18.3 Å². The number of hydrogen-bond donors (Lipinski definition) is 1. The number of carboxylic acids is 1. The smallest absolute Gasteiger partial charge is 0.309 e. The van der Waals surface area contributed by atoms with E-state index in [-0.39, 0.29) is 18.0 Å². The number of aryl methyl sites for hydroxylation is 1. The number of carbonyl (C=O) groups is 1. The number of rotatable bonds is 3. The van der Waals surface area contributed by atoms with Gasteiger partial charge in [-0.15, -0.1) is 0 Å². The van der Waals surface area contributed by atoms with Gasteiger partial charge in [-0.1, -0.05) is 22.0 Å². The fraction of sp³-hybridized carbons (Fsp3) is 0.364. The van der Waals surface area contributed by atoms with Crippen LogP contribution in [0.1, 0.15) is 5.56 Å². The topological polar surface area (TPSA) is 74.7 Å². The van der Waals surface area contributed by atoms with Gasteiger partial charge in [0.05, 0.1) is 10.8 Å². The molecule has 5 nitrogen and oxygen atoms in total. The van der Waals surface area contributed by atoms with Crippen LogP contribution in [0.25, 0.3) is 0 Å². The first kappa shape index (κ1) is 13.5. The Bertz CT molecular complexity index is 593. The summed E-state index contributed by atoms with van der Waals surface area (Å²) in [6.07, 6.45) is 0. The molecule has 0 radical (unpaired) electrons. The van der Waals surface area contributed by atoms with Gasteiger partial charge in [0.15, 0.2) is 0 Å². The van der Waals surface area contributed by atoms with Gasteiger partial charge in [-0.05, 0) is 24.6 Å². The molecule has 0 saturated carbocycles. The maximum absolute atomic E-state index is 12.3. The number of aliphatic carboxylic acids is 1. The Morgan fingerprint density at radius 2 is 2.06 bits per heavy atom. The molecule has 0 amide bonds.